The number of nitrogens with zero attached hydrogens (tertiary/aromatic N) is 3. The minimum atomic E-state index is -0.165. The molecule has 0 unspecified atom stereocenters. The number of fused-ring (bicyclic) bond motifs is 1. The van der Waals surface area contributed by atoms with Gasteiger partial charge in [0.1, 0.15) is 10.7 Å². The number of anilines is 1. The monoisotopic (exact) mass is 390 g/mol. The van der Waals surface area contributed by atoms with E-state index >= 15 is 0 Å². The molecule has 0 saturated heterocycles. The van der Waals surface area contributed by atoms with E-state index in [9.17, 15) is 4.79 Å². The van der Waals surface area contributed by atoms with E-state index in [0.29, 0.717) is 32.0 Å². The van der Waals surface area contributed by atoms with Crippen LogP contribution in [0.4, 0.5) is 5.95 Å². The summed E-state index contributed by atoms with van der Waals surface area (Å²) in [6, 6.07) is 7.38. The molecule has 0 radical (unpaired) electrons. The molecule has 3 heterocycles. The van der Waals surface area contributed by atoms with Gasteiger partial charge >= 0.3 is 0 Å². The highest BCUT2D eigenvalue weighted by atomic mass is 35.5. The number of nitrogens with two attached hydrogens (primary N) is 1. The average molecular weight is 391 g/mol. The Morgan fingerprint density at radius 3 is 2.76 bits per heavy atom. The number of thioether (sulfide) groups is 1. The summed E-state index contributed by atoms with van der Waals surface area (Å²) in [5, 5.41) is 10.2. The maximum atomic E-state index is 12.6. The number of halogens is 1. The van der Waals surface area contributed by atoms with Crippen LogP contribution in [0.1, 0.15) is 5.82 Å². The van der Waals surface area contributed by atoms with Gasteiger partial charge in [-0.3, -0.25) is 4.79 Å². The summed E-state index contributed by atoms with van der Waals surface area (Å²) in [5.74, 6) is 1.26. The van der Waals surface area contributed by atoms with Gasteiger partial charge in [0, 0.05) is 16.0 Å². The molecular formula is C15H11ClN6OS2. The number of benzene rings is 1. The number of thiophene rings is 1. The summed E-state index contributed by atoms with van der Waals surface area (Å²) in [5.41, 5.74) is 7.11. The molecule has 0 fully saturated rings. The predicted molar refractivity (Wildman–Crippen MR) is 101 cm³/mol. The second-order valence-electron chi connectivity index (χ2n) is 5.14. The second-order valence-corrected chi connectivity index (χ2v) is 7.38. The van der Waals surface area contributed by atoms with Gasteiger partial charge in [-0.25, -0.2) is 10.1 Å². The van der Waals surface area contributed by atoms with E-state index in [0.717, 1.165) is 11.1 Å². The quantitative estimate of drug-likeness (QED) is 0.461. The fourth-order valence-electron chi connectivity index (χ4n) is 2.36. The maximum absolute atomic E-state index is 12.6. The molecular weight excluding hydrogens is 380 g/mol. The van der Waals surface area contributed by atoms with Crippen molar-refractivity contribution in [2.45, 2.75) is 10.9 Å². The number of hydrogen-bond acceptors (Lipinski definition) is 7. The Bertz CT molecular complexity index is 1100. The molecule has 7 nitrogen and oxygen atoms in total. The molecule has 0 bridgehead atoms. The first-order valence-corrected chi connectivity index (χ1v) is 9.41. The number of hydrogen-bond donors (Lipinski definition) is 3. The Balaban J connectivity index is 1.67. The first-order chi connectivity index (χ1) is 12.1. The average Bonchev–Trinajstić information content (AvgIpc) is 3.20. The zero-order valence-corrected chi connectivity index (χ0v) is 15.0. The molecule has 3 aromatic heterocycles. The lowest BCUT2D eigenvalue weighted by molar-refractivity contribution is 0.966. The highest BCUT2D eigenvalue weighted by Crippen LogP contribution is 2.31. The number of aromatic nitrogens is 5. The molecule has 0 aliphatic carbocycles. The maximum Gasteiger partial charge on any atom is 0.260 e. The van der Waals surface area contributed by atoms with E-state index in [2.05, 4.69) is 25.1 Å². The van der Waals surface area contributed by atoms with Crippen LogP contribution >= 0.6 is 34.7 Å². The standard InChI is InChI=1S/C15H11ClN6OS2/c16-8-3-1-7(2-4-8)9-5-24-13-11(9)12(23)18-10(19-13)6-25-15-20-14(17)21-22-15/h1-5H,6H2,(H,18,19,23)(H3,17,20,21,22). The minimum absolute atomic E-state index is 0.165. The van der Waals surface area contributed by atoms with Gasteiger partial charge in [0.15, 0.2) is 0 Å². The van der Waals surface area contributed by atoms with Crippen molar-refractivity contribution in [3.8, 4) is 11.1 Å². The molecule has 0 atom stereocenters. The first kappa shape index (κ1) is 16.1. The number of rotatable bonds is 4. The number of H-pyrrole nitrogens is 2. The molecule has 4 N–H and O–H groups in total. The first-order valence-electron chi connectivity index (χ1n) is 7.17. The number of nitrogens with one attached hydrogen (secondary N) is 2. The van der Waals surface area contributed by atoms with Crippen molar-refractivity contribution in [2.75, 3.05) is 5.73 Å². The summed E-state index contributed by atoms with van der Waals surface area (Å²) in [6.45, 7) is 0. The Labute approximate surface area is 154 Å². The van der Waals surface area contributed by atoms with E-state index in [1.165, 1.54) is 23.1 Å². The minimum Gasteiger partial charge on any atom is -0.368 e. The molecule has 4 aromatic rings. The zero-order valence-electron chi connectivity index (χ0n) is 12.6. The highest BCUT2D eigenvalue weighted by molar-refractivity contribution is 7.98. The van der Waals surface area contributed by atoms with Crippen LogP contribution in [-0.4, -0.2) is 25.1 Å². The molecule has 10 heteroatoms. The molecule has 0 aliphatic rings. The van der Waals surface area contributed by atoms with E-state index in [4.69, 9.17) is 17.3 Å². The van der Waals surface area contributed by atoms with Crippen molar-refractivity contribution in [2.24, 2.45) is 0 Å². The summed E-state index contributed by atoms with van der Waals surface area (Å²) in [6.07, 6.45) is 0. The Kier molecular flexibility index (Phi) is 4.20. The smallest absolute Gasteiger partial charge is 0.260 e. The number of nitrogen functional groups attached to an aromatic ring is 1. The molecule has 0 spiro atoms. The molecule has 0 amide bonds. The van der Waals surface area contributed by atoms with Crippen molar-refractivity contribution in [1.29, 1.82) is 0 Å². The van der Waals surface area contributed by atoms with Crippen LogP contribution in [0, 0.1) is 0 Å². The highest BCUT2D eigenvalue weighted by Gasteiger charge is 2.13. The van der Waals surface area contributed by atoms with Crippen LogP contribution in [0.5, 0.6) is 0 Å². The summed E-state index contributed by atoms with van der Waals surface area (Å²) in [4.78, 5) is 24.6. The van der Waals surface area contributed by atoms with Crippen molar-refractivity contribution < 1.29 is 0 Å². The lowest BCUT2D eigenvalue weighted by Crippen LogP contribution is -2.10. The Morgan fingerprint density at radius 2 is 2.04 bits per heavy atom. The Morgan fingerprint density at radius 1 is 1.24 bits per heavy atom. The largest absolute Gasteiger partial charge is 0.368 e. The van der Waals surface area contributed by atoms with Crippen LogP contribution in [0.3, 0.4) is 0 Å². The zero-order chi connectivity index (χ0) is 17.4. The van der Waals surface area contributed by atoms with E-state index in [1.54, 1.807) is 12.1 Å². The van der Waals surface area contributed by atoms with Crippen molar-refractivity contribution in [3.63, 3.8) is 0 Å². The summed E-state index contributed by atoms with van der Waals surface area (Å²) >= 11 is 8.71. The van der Waals surface area contributed by atoms with Crippen molar-refractivity contribution in [1.82, 2.24) is 25.1 Å². The van der Waals surface area contributed by atoms with Gasteiger partial charge in [0.2, 0.25) is 11.1 Å². The molecule has 25 heavy (non-hydrogen) atoms. The van der Waals surface area contributed by atoms with Gasteiger partial charge in [-0.15, -0.1) is 16.4 Å². The molecule has 0 aliphatic heterocycles. The topological polar surface area (TPSA) is 113 Å². The normalized spacial score (nSPS) is 11.2. The van der Waals surface area contributed by atoms with Gasteiger partial charge < -0.3 is 10.7 Å². The van der Waals surface area contributed by atoms with Gasteiger partial charge in [-0.1, -0.05) is 35.5 Å². The van der Waals surface area contributed by atoms with Gasteiger partial charge in [-0.2, -0.15) is 4.98 Å². The van der Waals surface area contributed by atoms with Gasteiger partial charge in [0.25, 0.3) is 5.56 Å². The summed E-state index contributed by atoms with van der Waals surface area (Å²) in [7, 11) is 0. The van der Waals surface area contributed by atoms with Gasteiger partial charge in [-0.05, 0) is 17.7 Å². The van der Waals surface area contributed by atoms with Crippen LogP contribution in [0.15, 0.2) is 39.6 Å². The third-order valence-electron chi connectivity index (χ3n) is 3.47. The fraction of sp³-hybridized carbons (Fsp3) is 0.0667. The number of aromatic amines is 2. The second kappa shape index (κ2) is 6.51. The van der Waals surface area contributed by atoms with Crippen LogP contribution < -0.4 is 11.3 Å². The lowest BCUT2D eigenvalue weighted by atomic mass is 10.1. The fourth-order valence-corrected chi connectivity index (χ4v) is 4.13. The van der Waals surface area contributed by atoms with Crippen LogP contribution in [-0.2, 0) is 5.75 Å². The predicted octanol–water partition coefficient (Wildman–Crippen LogP) is 3.30. The van der Waals surface area contributed by atoms with Crippen molar-refractivity contribution in [3.05, 3.63) is 50.8 Å². The third-order valence-corrected chi connectivity index (χ3v) is 5.45. The Hall–Kier alpha value is -2.36. The van der Waals surface area contributed by atoms with E-state index < -0.39 is 0 Å². The molecule has 0 saturated carbocycles. The molecule has 126 valence electrons. The van der Waals surface area contributed by atoms with Gasteiger partial charge in [0.05, 0.1) is 11.1 Å². The van der Waals surface area contributed by atoms with Crippen LogP contribution in [0.2, 0.25) is 5.02 Å². The van der Waals surface area contributed by atoms with Crippen molar-refractivity contribution >= 4 is 50.9 Å². The van der Waals surface area contributed by atoms with E-state index in [1.807, 2.05) is 17.5 Å². The lowest BCUT2D eigenvalue weighted by Gasteiger charge is -2.01. The third kappa shape index (κ3) is 3.26. The van der Waals surface area contributed by atoms with E-state index in [-0.39, 0.29) is 11.5 Å². The molecule has 4 rings (SSSR count). The molecule has 1 aromatic carbocycles. The van der Waals surface area contributed by atoms with Crippen LogP contribution in [0.25, 0.3) is 21.3 Å². The summed E-state index contributed by atoms with van der Waals surface area (Å²) < 4.78 is 0. The SMILES string of the molecule is Nc1nc(SCc2nc3scc(-c4ccc(Cl)cc4)c3c(=O)[nH]2)n[nH]1.